The molecule has 1 aromatic heterocycles. The Morgan fingerprint density at radius 3 is 1.96 bits per heavy atom. The second-order valence-corrected chi connectivity index (χ2v) is 6.83. The molecule has 0 spiro atoms. The quantitative estimate of drug-likeness (QED) is 0.393. The zero-order chi connectivity index (χ0) is 18.1. The van der Waals surface area contributed by atoms with Crippen molar-refractivity contribution in [1.82, 2.24) is 0 Å². The number of rotatable bonds is 3. The topological polar surface area (TPSA) is 7.12 Å². The van der Waals surface area contributed by atoms with Gasteiger partial charge in [-0.15, -0.1) is 0 Å². The average Bonchev–Trinajstić information content (AvgIpc) is 2.68. The average molecular weight is 375 g/mol. The number of para-hydroxylation sites is 1. The van der Waals surface area contributed by atoms with E-state index in [0.29, 0.717) is 0 Å². The number of benzene rings is 3. The Kier molecular flexibility index (Phi) is 5.48. The van der Waals surface area contributed by atoms with Crippen LogP contribution in [0.1, 0.15) is 11.3 Å². The molecule has 0 radical (unpaired) electrons. The number of halogens is 1. The number of nitrogens with zero attached hydrogens (tertiary/aromatic N) is 2. The van der Waals surface area contributed by atoms with Crippen LogP contribution in [0.5, 0.6) is 0 Å². The first kappa shape index (κ1) is 18.9. The summed E-state index contributed by atoms with van der Waals surface area (Å²) in [6, 6.07) is 25.9. The van der Waals surface area contributed by atoms with Crippen molar-refractivity contribution in [3.63, 3.8) is 0 Å². The van der Waals surface area contributed by atoms with E-state index in [-0.39, 0.29) is 12.4 Å². The zero-order valence-corrected chi connectivity index (χ0v) is 16.6. The van der Waals surface area contributed by atoms with Gasteiger partial charge < -0.3 is 17.3 Å². The Morgan fingerprint density at radius 2 is 1.30 bits per heavy atom. The van der Waals surface area contributed by atoms with Gasteiger partial charge >= 0.3 is 0 Å². The van der Waals surface area contributed by atoms with Crippen molar-refractivity contribution in [1.29, 1.82) is 0 Å². The molecule has 2 nitrogen and oxygen atoms in total. The SMILES string of the molecule is CN(C)c1ccc(/C=C/c2c3ccccc3c3ccccc3[n+]2C)cc1.[Cl-]. The fourth-order valence-electron chi connectivity index (χ4n) is 3.51. The van der Waals surface area contributed by atoms with Crippen molar-refractivity contribution in [3.05, 3.63) is 84.1 Å². The Morgan fingerprint density at radius 1 is 0.704 bits per heavy atom. The first-order valence-corrected chi connectivity index (χ1v) is 8.90. The third-order valence-corrected chi connectivity index (χ3v) is 4.96. The lowest BCUT2D eigenvalue weighted by Crippen LogP contribution is -3.00. The first-order chi connectivity index (χ1) is 12.6. The third-order valence-electron chi connectivity index (χ3n) is 4.96. The highest BCUT2D eigenvalue weighted by molar-refractivity contribution is 6.06. The van der Waals surface area contributed by atoms with Crippen LogP contribution in [0.2, 0.25) is 0 Å². The molecule has 27 heavy (non-hydrogen) atoms. The van der Waals surface area contributed by atoms with Crippen LogP contribution in [-0.2, 0) is 7.05 Å². The first-order valence-electron chi connectivity index (χ1n) is 8.90. The number of hydrogen-bond acceptors (Lipinski definition) is 1. The smallest absolute Gasteiger partial charge is 0.213 e. The van der Waals surface area contributed by atoms with Crippen LogP contribution in [-0.4, -0.2) is 14.1 Å². The van der Waals surface area contributed by atoms with Gasteiger partial charge in [-0.1, -0.05) is 42.5 Å². The van der Waals surface area contributed by atoms with E-state index < -0.39 is 0 Å². The van der Waals surface area contributed by atoms with Gasteiger partial charge in [-0.25, -0.2) is 0 Å². The fraction of sp³-hybridized carbons (Fsp3) is 0.125. The van der Waals surface area contributed by atoms with Gasteiger partial charge in [-0.05, 0) is 35.9 Å². The fourth-order valence-corrected chi connectivity index (χ4v) is 3.51. The van der Waals surface area contributed by atoms with Crippen LogP contribution in [0.15, 0.2) is 72.8 Å². The molecule has 0 unspecified atom stereocenters. The van der Waals surface area contributed by atoms with Gasteiger partial charge in [0.1, 0.15) is 7.05 Å². The van der Waals surface area contributed by atoms with E-state index in [0.717, 1.165) is 0 Å². The number of pyridine rings is 1. The molecule has 0 aliphatic rings. The van der Waals surface area contributed by atoms with E-state index in [1.807, 2.05) is 0 Å². The van der Waals surface area contributed by atoms with Crippen molar-refractivity contribution < 1.29 is 17.0 Å². The van der Waals surface area contributed by atoms with Gasteiger partial charge in [0.05, 0.1) is 10.8 Å². The van der Waals surface area contributed by atoms with Crippen LogP contribution in [0, 0.1) is 0 Å². The predicted molar refractivity (Wildman–Crippen MR) is 112 cm³/mol. The van der Waals surface area contributed by atoms with E-state index >= 15 is 0 Å². The normalized spacial score (nSPS) is 11.1. The Balaban J connectivity index is 0.00000210. The summed E-state index contributed by atoms with van der Waals surface area (Å²) in [5, 5.41) is 3.86. The molecule has 3 heteroatoms. The summed E-state index contributed by atoms with van der Waals surface area (Å²) in [6.45, 7) is 0. The standard InChI is InChI=1S/C24H23N2.ClH/c1-25(2)19-15-12-18(13-16-19)14-17-24-22-9-5-4-8-20(22)21-10-6-7-11-23(21)26(24)3;/h4-17H,1-3H3;1H/q+1;/p-1. The minimum Gasteiger partial charge on any atom is -1.00 e. The summed E-state index contributed by atoms with van der Waals surface area (Å²) in [5.74, 6) is 0. The molecule has 3 aromatic carbocycles. The largest absolute Gasteiger partial charge is 1.00 e. The van der Waals surface area contributed by atoms with Crippen molar-refractivity contribution >= 4 is 39.5 Å². The molecule has 0 fully saturated rings. The molecular weight excluding hydrogens is 352 g/mol. The molecule has 1 heterocycles. The molecule has 0 saturated carbocycles. The highest BCUT2D eigenvalue weighted by Crippen LogP contribution is 2.26. The van der Waals surface area contributed by atoms with Crippen LogP contribution >= 0.6 is 0 Å². The molecular formula is C24H23ClN2. The number of hydrogen-bond donors (Lipinski definition) is 0. The molecule has 4 rings (SSSR count). The predicted octanol–water partition coefficient (Wildman–Crippen LogP) is 2.06. The monoisotopic (exact) mass is 374 g/mol. The second kappa shape index (κ2) is 7.81. The lowest BCUT2D eigenvalue weighted by atomic mass is 10.0. The number of aromatic nitrogens is 1. The molecule has 4 aromatic rings. The van der Waals surface area contributed by atoms with E-state index in [4.69, 9.17) is 0 Å². The lowest BCUT2D eigenvalue weighted by molar-refractivity contribution is -0.645. The van der Waals surface area contributed by atoms with Crippen molar-refractivity contribution in [3.8, 4) is 0 Å². The molecule has 0 saturated heterocycles. The molecule has 0 N–H and O–H groups in total. The second-order valence-electron chi connectivity index (χ2n) is 6.83. The maximum Gasteiger partial charge on any atom is 0.213 e. The maximum absolute atomic E-state index is 2.28. The van der Waals surface area contributed by atoms with Crippen LogP contribution in [0.3, 0.4) is 0 Å². The van der Waals surface area contributed by atoms with Crippen LogP contribution in [0.25, 0.3) is 33.8 Å². The summed E-state index contributed by atoms with van der Waals surface area (Å²) in [7, 11) is 6.27. The van der Waals surface area contributed by atoms with Crippen molar-refractivity contribution in [2.24, 2.45) is 7.05 Å². The molecule has 0 aliphatic carbocycles. The summed E-state index contributed by atoms with van der Waals surface area (Å²) >= 11 is 0. The van der Waals surface area contributed by atoms with Crippen molar-refractivity contribution in [2.45, 2.75) is 0 Å². The summed E-state index contributed by atoms with van der Waals surface area (Å²) in [6.07, 6.45) is 4.41. The summed E-state index contributed by atoms with van der Waals surface area (Å²) in [5.41, 5.74) is 4.88. The molecule has 0 aliphatic heterocycles. The zero-order valence-electron chi connectivity index (χ0n) is 15.9. The van der Waals surface area contributed by atoms with Gasteiger partial charge in [-0.3, -0.25) is 0 Å². The third kappa shape index (κ3) is 3.54. The highest BCUT2D eigenvalue weighted by atomic mass is 35.5. The van der Waals surface area contributed by atoms with Gasteiger partial charge in [-0.2, -0.15) is 4.57 Å². The van der Waals surface area contributed by atoms with E-state index in [2.05, 4.69) is 116 Å². The highest BCUT2D eigenvalue weighted by Gasteiger charge is 2.15. The molecule has 136 valence electrons. The van der Waals surface area contributed by atoms with E-state index in [9.17, 15) is 0 Å². The molecule has 0 amide bonds. The lowest BCUT2D eigenvalue weighted by Gasteiger charge is -2.11. The van der Waals surface area contributed by atoms with Crippen LogP contribution < -0.4 is 21.9 Å². The van der Waals surface area contributed by atoms with Gasteiger partial charge in [0.25, 0.3) is 0 Å². The number of fused-ring (bicyclic) bond motifs is 3. The Hall–Kier alpha value is -2.84. The maximum atomic E-state index is 2.28. The number of anilines is 1. The number of aryl methyl sites for hydroxylation is 1. The Labute approximate surface area is 166 Å². The van der Waals surface area contributed by atoms with E-state index in [1.165, 1.54) is 38.6 Å². The molecule has 0 atom stereocenters. The minimum absolute atomic E-state index is 0. The summed E-state index contributed by atoms with van der Waals surface area (Å²) in [4.78, 5) is 2.12. The minimum atomic E-state index is 0. The van der Waals surface area contributed by atoms with Crippen molar-refractivity contribution in [2.75, 3.05) is 19.0 Å². The Bertz CT molecular complexity index is 1110. The van der Waals surface area contributed by atoms with Gasteiger partial charge in [0.15, 0.2) is 0 Å². The van der Waals surface area contributed by atoms with Gasteiger partial charge in [0, 0.05) is 37.3 Å². The summed E-state index contributed by atoms with van der Waals surface area (Å²) < 4.78 is 2.28. The van der Waals surface area contributed by atoms with Crippen LogP contribution in [0.4, 0.5) is 5.69 Å². The van der Waals surface area contributed by atoms with E-state index in [1.54, 1.807) is 0 Å². The molecule has 0 bridgehead atoms. The van der Waals surface area contributed by atoms with Gasteiger partial charge in [0.2, 0.25) is 11.2 Å².